The van der Waals surface area contributed by atoms with E-state index in [4.69, 9.17) is 4.74 Å². The largest absolute Gasteiger partial charge is 0.497 e. The molecule has 0 saturated carbocycles. The molecule has 1 amide bonds. The third-order valence-electron chi connectivity index (χ3n) is 2.20. The molecule has 1 saturated heterocycles. The first-order valence-electron chi connectivity index (χ1n) is 6.49. The number of carbonyl (C=O) groups excluding carboxylic acids is 1. The molecule has 7 heteroatoms. The van der Waals surface area contributed by atoms with E-state index in [2.05, 4.69) is 10.1 Å². The number of methoxy groups -OCH3 is 1. The second-order valence-electron chi connectivity index (χ2n) is 3.63. The van der Waals surface area contributed by atoms with Crippen molar-refractivity contribution in [3.63, 3.8) is 0 Å². The third kappa shape index (κ3) is 8.19. The molecule has 1 aromatic rings. The van der Waals surface area contributed by atoms with Crippen molar-refractivity contribution in [1.29, 1.82) is 0 Å². The molecule has 0 spiro atoms. The van der Waals surface area contributed by atoms with Crippen molar-refractivity contribution >= 4 is 5.91 Å². The van der Waals surface area contributed by atoms with Crippen molar-refractivity contribution in [3.8, 4) is 5.75 Å². The van der Waals surface area contributed by atoms with Crippen LogP contribution in [0.25, 0.3) is 0 Å². The standard InChI is InChI=1S/C8H7F3O.C4H7NO2.C2H6/c1-12-7-4-2-3-6(5-7)8(9,10)11;6-4-3-7-2-1-5-4;1-2/h2-5H,1H3;1-3H2,(H,5,6);1-2H3. The normalized spacial score (nSPS) is 13.9. The molecule has 2 rings (SSSR count). The molecule has 1 aliphatic heterocycles. The van der Waals surface area contributed by atoms with Gasteiger partial charge in [0.15, 0.2) is 0 Å². The number of rotatable bonds is 1. The number of benzene rings is 1. The smallest absolute Gasteiger partial charge is 0.416 e. The van der Waals surface area contributed by atoms with Crippen molar-refractivity contribution in [2.75, 3.05) is 26.9 Å². The van der Waals surface area contributed by atoms with Crippen molar-refractivity contribution < 1.29 is 27.4 Å². The fourth-order valence-corrected chi connectivity index (χ4v) is 1.28. The first-order chi connectivity index (χ1) is 9.93. The molecular formula is C14H20F3NO3. The van der Waals surface area contributed by atoms with Crippen molar-refractivity contribution in [2.45, 2.75) is 20.0 Å². The summed E-state index contributed by atoms with van der Waals surface area (Å²) >= 11 is 0. The van der Waals surface area contributed by atoms with Crippen LogP contribution >= 0.6 is 0 Å². The molecular weight excluding hydrogens is 287 g/mol. The monoisotopic (exact) mass is 307 g/mol. The van der Waals surface area contributed by atoms with Gasteiger partial charge in [-0.2, -0.15) is 13.2 Å². The number of carbonyl (C=O) groups is 1. The lowest BCUT2D eigenvalue weighted by molar-refractivity contribution is -0.137. The minimum Gasteiger partial charge on any atom is -0.497 e. The summed E-state index contributed by atoms with van der Waals surface area (Å²) in [6, 6.07) is 4.74. The van der Waals surface area contributed by atoms with Crippen LogP contribution in [-0.2, 0) is 15.7 Å². The molecule has 120 valence electrons. The topological polar surface area (TPSA) is 47.6 Å². The van der Waals surface area contributed by atoms with E-state index >= 15 is 0 Å². The second-order valence-corrected chi connectivity index (χ2v) is 3.63. The van der Waals surface area contributed by atoms with E-state index in [0.717, 1.165) is 12.1 Å². The van der Waals surface area contributed by atoms with Gasteiger partial charge in [0.05, 0.1) is 19.3 Å². The summed E-state index contributed by atoms with van der Waals surface area (Å²) in [5.41, 5.74) is -0.693. The zero-order valence-corrected chi connectivity index (χ0v) is 12.3. The molecule has 0 radical (unpaired) electrons. The number of ether oxygens (including phenoxy) is 2. The molecule has 4 nitrogen and oxygen atoms in total. The minimum atomic E-state index is -4.30. The van der Waals surface area contributed by atoms with Crippen molar-refractivity contribution in [2.24, 2.45) is 0 Å². The highest BCUT2D eigenvalue weighted by atomic mass is 19.4. The Labute approximate surface area is 122 Å². The van der Waals surface area contributed by atoms with E-state index in [1.54, 1.807) is 0 Å². The van der Waals surface area contributed by atoms with Crippen LogP contribution in [0.1, 0.15) is 19.4 Å². The van der Waals surface area contributed by atoms with Gasteiger partial charge in [0.25, 0.3) is 0 Å². The number of hydrogen-bond acceptors (Lipinski definition) is 3. The van der Waals surface area contributed by atoms with Crippen LogP contribution in [0.2, 0.25) is 0 Å². The quantitative estimate of drug-likeness (QED) is 0.868. The summed E-state index contributed by atoms with van der Waals surface area (Å²) in [6.45, 7) is 5.56. The van der Waals surface area contributed by atoms with Gasteiger partial charge in [-0.1, -0.05) is 19.9 Å². The number of morpholine rings is 1. The highest BCUT2D eigenvalue weighted by Gasteiger charge is 2.30. The Hall–Kier alpha value is -1.76. The van der Waals surface area contributed by atoms with Crippen molar-refractivity contribution in [3.05, 3.63) is 29.8 Å². The lowest BCUT2D eigenvalue weighted by atomic mass is 10.2. The highest BCUT2D eigenvalue weighted by Crippen LogP contribution is 2.30. The van der Waals surface area contributed by atoms with Gasteiger partial charge in [-0.05, 0) is 18.2 Å². The maximum absolute atomic E-state index is 12.0. The van der Waals surface area contributed by atoms with E-state index in [-0.39, 0.29) is 18.3 Å². The number of nitrogens with one attached hydrogen (secondary N) is 1. The molecule has 0 aliphatic carbocycles. The predicted octanol–water partition coefficient (Wildman–Crippen LogP) is 2.87. The fourth-order valence-electron chi connectivity index (χ4n) is 1.28. The Kier molecular flexibility index (Phi) is 9.20. The molecule has 1 N–H and O–H groups in total. The maximum Gasteiger partial charge on any atom is 0.416 e. The molecule has 1 aliphatic rings. The number of halogens is 3. The Morgan fingerprint density at radius 2 is 1.95 bits per heavy atom. The number of hydrogen-bond donors (Lipinski definition) is 1. The van der Waals surface area contributed by atoms with Gasteiger partial charge in [-0.25, -0.2) is 0 Å². The molecule has 1 aromatic carbocycles. The Bertz CT molecular complexity index is 414. The average molecular weight is 307 g/mol. The summed E-state index contributed by atoms with van der Waals surface area (Å²) in [4.78, 5) is 10.2. The summed E-state index contributed by atoms with van der Waals surface area (Å²) < 4.78 is 45.6. The van der Waals surface area contributed by atoms with E-state index in [0.29, 0.717) is 13.2 Å². The van der Waals surface area contributed by atoms with Gasteiger partial charge < -0.3 is 14.8 Å². The van der Waals surface area contributed by atoms with Crippen LogP contribution in [0.15, 0.2) is 24.3 Å². The maximum atomic E-state index is 12.0. The lowest BCUT2D eigenvalue weighted by Crippen LogP contribution is -2.36. The van der Waals surface area contributed by atoms with E-state index < -0.39 is 11.7 Å². The number of alkyl halides is 3. The molecule has 0 aromatic heterocycles. The Morgan fingerprint density at radius 1 is 1.29 bits per heavy atom. The molecule has 0 atom stereocenters. The van der Waals surface area contributed by atoms with Crippen LogP contribution in [-0.4, -0.2) is 32.8 Å². The van der Waals surface area contributed by atoms with Gasteiger partial charge >= 0.3 is 6.18 Å². The van der Waals surface area contributed by atoms with Crippen molar-refractivity contribution in [1.82, 2.24) is 5.32 Å². The predicted molar refractivity (Wildman–Crippen MR) is 73.2 cm³/mol. The molecule has 21 heavy (non-hydrogen) atoms. The minimum absolute atomic E-state index is 0.00810. The van der Waals surface area contributed by atoms with Gasteiger partial charge in [-0.15, -0.1) is 0 Å². The zero-order valence-electron chi connectivity index (χ0n) is 12.3. The van der Waals surface area contributed by atoms with E-state index in [9.17, 15) is 18.0 Å². The number of amides is 1. The van der Waals surface area contributed by atoms with Crippen LogP contribution in [0.4, 0.5) is 13.2 Å². The van der Waals surface area contributed by atoms with Crippen LogP contribution in [0.3, 0.4) is 0 Å². The molecule has 1 heterocycles. The van der Waals surface area contributed by atoms with Gasteiger partial charge in [0.2, 0.25) is 5.91 Å². The van der Waals surface area contributed by atoms with Gasteiger partial charge in [-0.3, -0.25) is 4.79 Å². The molecule has 0 unspecified atom stereocenters. The second kappa shape index (κ2) is 10.0. The Morgan fingerprint density at radius 3 is 2.33 bits per heavy atom. The fraction of sp³-hybridized carbons (Fsp3) is 0.500. The highest BCUT2D eigenvalue weighted by molar-refractivity contribution is 5.77. The van der Waals surface area contributed by atoms with E-state index in [1.807, 2.05) is 13.8 Å². The summed E-state index contributed by atoms with van der Waals surface area (Å²) in [5.74, 6) is 0.205. The van der Waals surface area contributed by atoms with Crippen LogP contribution < -0.4 is 10.1 Å². The average Bonchev–Trinajstić information content (AvgIpc) is 2.50. The molecule has 1 fully saturated rings. The SMILES string of the molecule is CC.COc1cccc(C(F)(F)F)c1.O=C1COCCN1. The summed E-state index contributed by atoms with van der Waals surface area (Å²) in [5, 5.41) is 2.62. The first kappa shape index (κ1) is 19.2. The molecule has 0 bridgehead atoms. The van der Waals surface area contributed by atoms with Crippen LogP contribution in [0, 0.1) is 0 Å². The third-order valence-corrected chi connectivity index (χ3v) is 2.20. The van der Waals surface area contributed by atoms with Gasteiger partial charge in [0, 0.05) is 6.54 Å². The van der Waals surface area contributed by atoms with E-state index in [1.165, 1.54) is 19.2 Å². The lowest BCUT2D eigenvalue weighted by Gasteiger charge is -2.10. The first-order valence-corrected chi connectivity index (χ1v) is 6.49. The summed E-state index contributed by atoms with van der Waals surface area (Å²) in [6.07, 6.45) is -4.30. The van der Waals surface area contributed by atoms with Gasteiger partial charge in [0.1, 0.15) is 12.4 Å². The zero-order chi connectivity index (χ0) is 16.3. The van der Waals surface area contributed by atoms with Crippen LogP contribution in [0.5, 0.6) is 5.75 Å². The summed E-state index contributed by atoms with van der Waals surface area (Å²) in [7, 11) is 1.33. The Balaban J connectivity index is 0.000000377.